The van der Waals surface area contributed by atoms with Crippen LogP contribution in [0.15, 0.2) is 53.4 Å². The third kappa shape index (κ3) is 10.1. The van der Waals surface area contributed by atoms with E-state index in [-0.39, 0.29) is 42.4 Å². The van der Waals surface area contributed by atoms with Gasteiger partial charge in [0.05, 0.1) is 4.90 Å². The first kappa shape index (κ1) is 33.6. The molecule has 0 radical (unpaired) electrons. The number of anilines is 1. The van der Waals surface area contributed by atoms with E-state index in [1.54, 1.807) is 31.2 Å². The molecule has 1 heterocycles. The highest BCUT2D eigenvalue weighted by Gasteiger charge is 2.40. The van der Waals surface area contributed by atoms with Crippen molar-refractivity contribution in [1.29, 1.82) is 5.41 Å². The Kier molecular flexibility index (Phi) is 12.1. The topological polar surface area (TPSA) is 174 Å². The average molecular weight is 613 g/mol. The van der Waals surface area contributed by atoms with Gasteiger partial charge < -0.3 is 21.1 Å². The van der Waals surface area contributed by atoms with E-state index in [4.69, 9.17) is 5.41 Å². The lowest BCUT2D eigenvalue weighted by molar-refractivity contribution is -0.142. The Morgan fingerprint density at radius 2 is 1.58 bits per heavy atom. The number of Topliss-reactive ketones (excluding diaryl/α,β-unsaturated/α-hetero) is 1. The summed E-state index contributed by atoms with van der Waals surface area (Å²) in [6.07, 6.45) is 4.80. The third-order valence-corrected chi connectivity index (χ3v) is 9.20. The highest BCUT2D eigenvalue weighted by atomic mass is 32.2. The zero-order valence-electron chi connectivity index (χ0n) is 24.6. The van der Waals surface area contributed by atoms with Gasteiger partial charge in [-0.3, -0.25) is 14.4 Å². The third-order valence-electron chi connectivity index (χ3n) is 7.27. The van der Waals surface area contributed by atoms with Crippen molar-refractivity contribution in [3.63, 3.8) is 0 Å². The van der Waals surface area contributed by atoms with E-state index in [1.165, 1.54) is 31.2 Å². The molecular formula is C31H40N4O7S. The second kappa shape index (κ2) is 15.5. The molecule has 4 N–H and O–H groups in total. The number of benzene rings is 2. The Morgan fingerprint density at radius 3 is 2.19 bits per heavy atom. The van der Waals surface area contributed by atoms with Crippen molar-refractivity contribution in [3.05, 3.63) is 59.7 Å². The summed E-state index contributed by atoms with van der Waals surface area (Å²) >= 11 is 0. The molecule has 1 saturated heterocycles. The molecular weight excluding hydrogens is 572 g/mol. The van der Waals surface area contributed by atoms with Crippen LogP contribution in [-0.2, 0) is 42.0 Å². The fourth-order valence-electron chi connectivity index (χ4n) is 5.04. The molecule has 1 aliphatic rings. The molecule has 1 unspecified atom stereocenters. The molecule has 43 heavy (non-hydrogen) atoms. The summed E-state index contributed by atoms with van der Waals surface area (Å²) in [5.74, 6) is -2.10. The molecule has 1 fully saturated rings. The first-order chi connectivity index (χ1) is 20.4. The molecule has 0 saturated carbocycles. The molecule has 1 aliphatic heterocycles. The van der Waals surface area contributed by atoms with Gasteiger partial charge in [0, 0.05) is 44.1 Å². The summed E-state index contributed by atoms with van der Waals surface area (Å²) in [7, 11) is -4.04. The normalized spacial score (nSPS) is 15.9. The fraction of sp³-hybridized carbons (Fsp3) is 0.452. The van der Waals surface area contributed by atoms with Crippen LogP contribution < -0.4 is 10.6 Å². The van der Waals surface area contributed by atoms with Crippen LogP contribution in [0.4, 0.5) is 5.69 Å². The zero-order chi connectivity index (χ0) is 31.6. The number of hydrogen-bond donors (Lipinski definition) is 4. The summed E-state index contributed by atoms with van der Waals surface area (Å²) < 4.78 is 27.7. The standard InChI is InChI=1S/C31H40N4O7S/c1-21(32)7-4-3-5-8-26(37)19-23-10-12-24(13-11-23)20-28(31(39)40)34-30(38)29-9-6-18-35(29)43(41,42)27-16-14-25(15-17-27)33-22(2)36/h10-17,28-29,32H,3-9,18-20H2,1-2H3,(H,33,36)(H,34,38)(H,39,40)/t28?,29-/m0/s1. The Hall–Kier alpha value is -3.90. The number of hydrogen-bond acceptors (Lipinski definition) is 7. The molecule has 232 valence electrons. The van der Waals surface area contributed by atoms with Gasteiger partial charge in [0.2, 0.25) is 21.8 Å². The van der Waals surface area contributed by atoms with Crippen LogP contribution in [0.25, 0.3) is 0 Å². The van der Waals surface area contributed by atoms with E-state index in [0.717, 1.165) is 35.6 Å². The summed E-state index contributed by atoms with van der Waals surface area (Å²) in [5, 5.41) is 22.3. The number of carbonyl (C=O) groups is 4. The van der Waals surface area contributed by atoms with Crippen LogP contribution in [-0.4, -0.2) is 65.7 Å². The first-order valence-electron chi connectivity index (χ1n) is 14.4. The Balaban J connectivity index is 1.58. The Bertz CT molecular complexity index is 1420. The predicted octanol–water partition coefficient (Wildman–Crippen LogP) is 3.71. The quantitative estimate of drug-likeness (QED) is 0.165. The number of amides is 2. The summed E-state index contributed by atoms with van der Waals surface area (Å²) in [4.78, 5) is 48.7. The van der Waals surface area contributed by atoms with Crippen molar-refractivity contribution in [2.75, 3.05) is 11.9 Å². The smallest absolute Gasteiger partial charge is 0.326 e. The van der Waals surface area contributed by atoms with Crippen molar-refractivity contribution < 1.29 is 32.7 Å². The summed E-state index contributed by atoms with van der Waals surface area (Å²) in [6, 6.07) is 10.3. The van der Waals surface area contributed by atoms with Gasteiger partial charge in [-0.05, 0) is 74.4 Å². The Labute approximate surface area is 252 Å². The average Bonchev–Trinajstić information content (AvgIpc) is 3.45. The molecule has 12 heteroatoms. The van der Waals surface area contributed by atoms with Crippen molar-refractivity contribution in [3.8, 4) is 0 Å². The van der Waals surface area contributed by atoms with Gasteiger partial charge in [0.1, 0.15) is 17.9 Å². The van der Waals surface area contributed by atoms with Crippen LogP contribution in [0.3, 0.4) is 0 Å². The lowest BCUT2D eigenvalue weighted by Crippen LogP contribution is -2.51. The SMILES string of the molecule is CC(=N)CCCCCC(=O)Cc1ccc(CC(NC(=O)[C@@H]2CCCN2S(=O)(=O)c2ccc(NC(C)=O)cc2)C(=O)O)cc1. The van der Waals surface area contributed by atoms with E-state index < -0.39 is 34.0 Å². The van der Waals surface area contributed by atoms with E-state index in [1.807, 2.05) is 0 Å². The monoisotopic (exact) mass is 612 g/mol. The minimum absolute atomic E-state index is 0.00812. The summed E-state index contributed by atoms with van der Waals surface area (Å²) in [6.45, 7) is 3.24. The number of carboxylic acid groups (broad SMARTS) is 1. The van der Waals surface area contributed by atoms with Crippen molar-refractivity contribution in [1.82, 2.24) is 9.62 Å². The lowest BCUT2D eigenvalue weighted by atomic mass is 10.00. The highest BCUT2D eigenvalue weighted by molar-refractivity contribution is 7.89. The number of unbranched alkanes of at least 4 members (excludes halogenated alkanes) is 2. The van der Waals surface area contributed by atoms with Gasteiger partial charge in [-0.25, -0.2) is 13.2 Å². The van der Waals surface area contributed by atoms with E-state index in [9.17, 15) is 32.7 Å². The molecule has 2 atom stereocenters. The van der Waals surface area contributed by atoms with Gasteiger partial charge in [-0.2, -0.15) is 4.31 Å². The minimum Gasteiger partial charge on any atom is -0.480 e. The number of nitrogens with zero attached hydrogens (tertiary/aromatic N) is 1. The van der Waals surface area contributed by atoms with Crippen molar-refractivity contribution in [2.24, 2.45) is 0 Å². The van der Waals surface area contributed by atoms with Crippen molar-refractivity contribution in [2.45, 2.75) is 88.6 Å². The van der Waals surface area contributed by atoms with E-state index in [0.29, 0.717) is 29.8 Å². The minimum atomic E-state index is -4.04. The number of carboxylic acids is 1. The maximum absolute atomic E-state index is 13.3. The fourth-order valence-corrected chi connectivity index (χ4v) is 6.70. The number of rotatable bonds is 16. The molecule has 0 aliphatic carbocycles. The van der Waals surface area contributed by atoms with Crippen LogP contribution in [0.1, 0.15) is 69.9 Å². The van der Waals surface area contributed by atoms with E-state index >= 15 is 0 Å². The zero-order valence-corrected chi connectivity index (χ0v) is 25.4. The molecule has 0 bridgehead atoms. The van der Waals surface area contributed by atoms with Crippen molar-refractivity contribution >= 4 is 45.0 Å². The van der Waals surface area contributed by atoms with Gasteiger partial charge in [-0.1, -0.05) is 30.7 Å². The van der Waals surface area contributed by atoms with Gasteiger partial charge in [0.25, 0.3) is 0 Å². The predicted molar refractivity (Wildman–Crippen MR) is 163 cm³/mol. The number of nitrogens with one attached hydrogen (secondary N) is 3. The maximum atomic E-state index is 13.3. The highest BCUT2D eigenvalue weighted by Crippen LogP contribution is 2.27. The van der Waals surface area contributed by atoms with Gasteiger partial charge in [-0.15, -0.1) is 0 Å². The first-order valence-corrected chi connectivity index (χ1v) is 15.9. The number of aliphatic carboxylic acids is 1. The molecule has 2 aromatic rings. The summed E-state index contributed by atoms with van der Waals surface area (Å²) in [5.41, 5.74) is 2.55. The second-order valence-electron chi connectivity index (χ2n) is 11.0. The molecule has 3 rings (SSSR count). The largest absolute Gasteiger partial charge is 0.480 e. The van der Waals surface area contributed by atoms with Crippen LogP contribution in [0.2, 0.25) is 0 Å². The number of carbonyl (C=O) groups excluding carboxylic acids is 3. The van der Waals surface area contributed by atoms with Crippen LogP contribution >= 0.6 is 0 Å². The maximum Gasteiger partial charge on any atom is 0.326 e. The molecule has 0 spiro atoms. The van der Waals surface area contributed by atoms with Gasteiger partial charge >= 0.3 is 5.97 Å². The molecule has 2 aromatic carbocycles. The van der Waals surface area contributed by atoms with Gasteiger partial charge in [0.15, 0.2) is 0 Å². The number of ketones is 1. The van der Waals surface area contributed by atoms with Crippen LogP contribution in [0.5, 0.6) is 0 Å². The molecule has 2 amide bonds. The van der Waals surface area contributed by atoms with E-state index in [2.05, 4.69) is 10.6 Å². The molecule has 11 nitrogen and oxygen atoms in total. The van der Waals surface area contributed by atoms with Crippen LogP contribution in [0, 0.1) is 5.41 Å². The lowest BCUT2D eigenvalue weighted by Gasteiger charge is -2.25. The molecule has 0 aromatic heterocycles. The second-order valence-corrected chi connectivity index (χ2v) is 12.8. The number of sulfonamides is 1. The Morgan fingerprint density at radius 1 is 0.953 bits per heavy atom.